The van der Waals surface area contributed by atoms with E-state index in [0.29, 0.717) is 0 Å². The number of benzene rings is 2. The van der Waals surface area contributed by atoms with Gasteiger partial charge in [-0.05, 0) is 55.3 Å². The molecule has 0 atom stereocenters. The van der Waals surface area contributed by atoms with Crippen LogP contribution in [-0.4, -0.2) is 30.0 Å². The van der Waals surface area contributed by atoms with Crippen molar-refractivity contribution in [2.75, 3.05) is 13.1 Å². The summed E-state index contributed by atoms with van der Waals surface area (Å²) in [6, 6.07) is 13.8. The number of piperidine rings is 1. The van der Waals surface area contributed by atoms with Crippen LogP contribution in [0.15, 0.2) is 46.9 Å². The van der Waals surface area contributed by atoms with Gasteiger partial charge in [0.05, 0.1) is 0 Å². The Bertz CT molecular complexity index is 719. The highest BCUT2D eigenvalue weighted by atomic mass is 79.9. The lowest BCUT2D eigenvalue weighted by molar-refractivity contribution is 0.0594. The highest BCUT2D eigenvalue weighted by Crippen LogP contribution is 2.24. The Kier molecular flexibility index (Phi) is 5.24. The van der Waals surface area contributed by atoms with Crippen LogP contribution in [0.3, 0.4) is 0 Å². The van der Waals surface area contributed by atoms with Gasteiger partial charge >= 0.3 is 0 Å². The van der Waals surface area contributed by atoms with Crippen molar-refractivity contribution in [3.05, 3.63) is 63.6 Å². The van der Waals surface area contributed by atoms with Crippen molar-refractivity contribution >= 4 is 21.8 Å². The van der Waals surface area contributed by atoms with Crippen LogP contribution in [0.4, 0.5) is 0 Å². The molecule has 0 radical (unpaired) electrons. The molecule has 1 aliphatic rings. The largest absolute Gasteiger partial charge is 0.490 e. The number of hydrogen-bond acceptors (Lipinski definition) is 2. The molecule has 3 nitrogen and oxygen atoms in total. The Hall–Kier alpha value is -1.81. The average molecular weight is 388 g/mol. The molecule has 1 aliphatic heterocycles. The lowest BCUT2D eigenvalue weighted by Gasteiger charge is -2.32. The molecule has 1 amide bonds. The van der Waals surface area contributed by atoms with E-state index in [1.165, 1.54) is 5.56 Å². The van der Waals surface area contributed by atoms with Crippen molar-refractivity contribution in [2.45, 2.75) is 32.8 Å². The fourth-order valence-electron chi connectivity index (χ4n) is 2.97. The number of rotatable bonds is 3. The lowest BCUT2D eigenvalue weighted by atomic mass is 10.1. The minimum absolute atomic E-state index is 0.104. The van der Waals surface area contributed by atoms with Crippen molar-refractivity contribution in [3.8, 4) is 5.75 Å². The summed E-state index contributed by atoms with van der Waals surface area (Å²) in [5.74, 6) is 1.07. The average Bonchev–Trinajstić information content (AvgIpc) is 2.59. The Balaban J connectivity index is 1.58. The van der Waals surface area contributed by atoms with E-state index in [4.69, 9.17) is 4.74 Å². The van der Waals surface area contributed by atoms with Gasteiger partial charge in [0.2, 0.25) is 0 Å². The molecular weight excluding hydrogens is 366 g/mol. The van der Waals surface area contributed by atoms with E-state index in [-0.39, 0.29) is 12.0 Å². The van der Waals surface area contributed by atoms with E-state index >= 15 is 0 Å². The maximum absolute atomic E-state index is 12.5. The van der Waals surface area contributed by atoms with Gasteiger partial charge in [-0.3, -0.25) is 4.79 Å². The van der Waals surface area contributed by atoms with Crippen LogP contribution in [0.1, 0.15) is 34.3 Å². The predicted molar refractivity (Wildman–Crippen MR) is 99.6 cm³/mol. The number of likely N-dealkylation sites (tertiary alicyclic amines) is 1. The van der Waals surface area contributed by atoms with E-state index in [2.05, 4.69) is 48.0 Å². The second-order valence-corrected chi connectivity index (χ2v) is 7.30. The molecule has 2 aromatic rings. The number of amides is 1. The van der Waals surface area contributed by atoms with Gasteiger partial charge in [0.1, 0.15) is 11.9 Å². The Morgan fingerprint density at radius 2 is 1.75 bits per heavy atom. The van der Waals surface area contributed by atoms with E-state index in [1.54, 1.807) is 0 Å². The van der Waals surface area contributed by atoms with Gasteiger partial charge in [-0.15, -0.1) is 0 Å². The molecule has 126 valence electrons. The number of aryl methyl sites for hydroxylation is 2. The van der Waals surface area contributed by atoms with Crippen LogP contribution < -0.4 is 4.74 Å². The van der Waals surface area contributed by atoms with E-state index in [1.807, 2.05) is 29.2 Å². The Labute approximate surface area is 151 Å². The molecular formula is C20H22BrNO2. The normalized spacial score (nSPS) is 15.4. The highest BCUT2D eigenvalue weighted by molar-refractivity contribution is 9.10. The minimum atomic E-state index is 0.104. The number of carbonyl (C=O) groups is 1. The Morgan fingerprint density at radius 1 is 1.08 bits per heavy atom. The van der Waals surface area contributed by atoms with Crippen molar-refractivity contribution in [1.29, 1.82) is 0 Å². The molecule has 24 heavy (non-hydrogen) atoms. The summed E-state index contributed by atoms with van der Waals surface area (Å²) in [6.45, 7) is 5.63. The molecule has 0 aromatic heterocycles. The SMILES string of the molecule is Cc1ccc(C)c(OC2CCN(C(=O)c3ccc(Br)cc3)CC2)c1. The van der Waals surface area contributed by atoms with Crippen molar-refractivity contribution in [2.24, 2.45) is 0 Å². The topological polar surface area (TPSA) is 29.5 Å². The zero-order valence-corrected chi connectivity index (χ0v) is 15.7. The standard InChI is InChI=1S/C20H22BrNO2/c1-14-3-4-15(2)19(13-14)24-18-9-11-22(12-10-18)20(23)16-5-7-17(21)8-6-16/h3-8,13,18H,9-12H2,1-2H3. The van der Waals surface area contributed by atoms with Crippen LogP contribution in [0, 0.1) is 13.8 Å². The third kappa shape index (κ3) is 3.99. The highest BCUT2D eigenvalue weighted by Gasteiger charge is 2.25. The first-order chi connectivity index (χ1) is 11.5. The van der Waals surface area contributed by atoms with E-state index in [0.717, 1.165) is 47.3 Å². The summed E-state index contributed by atoms with van der Waals surface area (Å²) in [6.07, 6.45) is 1.92. The number of halogens is 1. The second-order valence-electron chi connectivity index (χ2n) is 6.39. The molecule has 2 aromatic carbocycles. The predicted octanol–water partition coefficient (Wildman–Crippen LogP) is 4.75. The van der Waals surface area contributed by atoms with Gasteiger partial charge in [0.25, 0.3) is 5.91 Å². The van der Waals surface area contributed by atoms with Crippen molar-refractivity contribution < 1.29 is 9.53 Å². The maximum atomic E-state index is 12.5. The first-order valence-electron chi connectivity index (χ1n) is 8.31. The fourth-order valence-corrected chi connectivity index (χ4v) is 3.23. The van der Waals surface area contributed by atoms with Gasteiger partial charge in [0.15, 0.2) is 0 Å². The summed E-state index contributed by atoms with van der Waals surface area (Å²) in [5, 5.41) is 0. The molecule has 0 spiro atoms. The van der Waals surface area contributed by atoms with Crippen molar-refractivity contribution in [3.63, 3.8) is 0 Å². The monoisotopic (exact) mass is 387 g/mol. The fraction of sp³-hybridized carbons (Fsp3) is 0.350. The number of ether oxygens (including phenoxy) is 1. The summed E-state index contributed by atoms with van der Waals surface area (Å²) in [5.41, 5.74) is 3.11. The number of nitrogens with zero attached hydrogens (tertiary/aromatic N) is 1. The molecule has 0 saturated carbocycles. The zero-order chi connectivity index (χ0) is 17.1. The van der Waals surface area contributed by atoms with Crippen LogP contribution in [0.2, 0.25) is 0 Å². The third-order valence-corrected chi connectivity index (χ3v) is 4.99. The van der Waals surface area contributed by atoms with Gasteiger partial charge in [-0.25, -0.2) is 0 Å². The first kappa shape index (κ1) is 17.0. The number of hydrogen-bond donors (Lipinski definition) is 0. The summed E-state index contributed by atoms with van der Waals surface area (Å²) >= 11 is 3.40. The summed E-state index contributed by atoms with van der Waals surface area (Å²) < 4.78 is 7.16. The lowest BCUT2D eigenvalue weighted by Crippen LogP contribution is -2.41. The maximum Gasteiger partial charge on any atom is 0.253 e. The van der Waals surface area contributed by atoms with E-state index < -0.39 is 0 Å². The van der Waals surface area contributed by atoms with Crippen LogP contribution in [-0.2, 0) is 0 Å². The molecule has 1 heterocycles. The Morgan fingerprint density at radius 3 is 2.42 bits per heavy atom. The smallest absolute Gasteiger partial charge is 0.253 e. The molecule has 4 heteroatoms. The molecule has 0 aliphatic carbocycles. The molecule has 1 fully saturated rings. The van der Waals surface area contributed by atoms with Gasteiger partial charge in [-0.2, -0.15) is 0 Å². The van der Waals surface area contributed by atoms with Gasteiger partial charge < -0.3 is 9.64 Å². The number of carbonyl (C=O) groups excluding carboxylic acids is 1. The van der Waals surface area contributed by atoms with Crippen LogP contribution in [0.5, 0.6) is 5.75 Å². The molecule has 3 rings (SSSR count). The van der Waals surface area contributed by atoms with Crippen molar-refractivity contribution in [1.82, 2.24) is 4.90 Å². The second kappa shape index (κ2) is 7.39. The molecule has 0 N–H and O–H groups in total. The summed E-state index contributed by atoms with van der Waals surface area (Å²) in [7, 11) is 0. The van der Waals surface area contributed by atoms with E-state index in [9.17, 15) is 4.79 Å². The van der Waals surface area contributed by atoms with Gasteiger partial charge in [0, 0.05) is 36.0 Å². The van der Waals surface area contributed by atoms with Crippen LogP contribution >= 0.6 is 15.9 Å². The first-order valence-corrected chi connectivity index (χ1v) is 9.11. The zero-order valence-electron chi connectivity index (χ0n) is 14.1. The molecule has 1 saturated heterocycles. The quantitative estimate of drug-likeness (QED) is 0.760. The third-order valence-electron chi connectivity index (χ3n) is 4.46. The van der Waals surface area contributed by atoms with Gasteiger partial charge in [-0.1, -0.05) is 28.1 Å². The molecule has 0 bridgehead atoms. The van der Waals surface area contributed by atoms with Crippen LogP contribution in [0.25, 0.3) is 0 Å². The summed E-state index contributed by atoms with van der Waals surface area (Å²) in [4.78, 5) is 14.5. The molecule has 0 unspecified atom stereocenters. The minimum Gasteiger partial charge on any atom is -0.490 e.